The molecule has 0 unspecified atom stereocenters. The number of nitrogens with zero attached hydrogens (tertiary/aromatic N) is 1. The molecule has 3 aromatic heterocycles. The Morgan fingerprint density at radius 1 is 1.32 bits per heavy atom. The Balaban J connectivity index is 1.63. The summed E-state index contributed by atoms with van der Waals surface area (Å²) < 4.78 is 10.4. The van der Waals surface area contributed by atoms with Crippen molar-refractivity contribution in [3.63, 3.8) is 0 Å². The molecule has 5 nitrogen and oxygen atoms in total. The summed E-state index contributed by atoms with van der Waals surface area (Å²) in [5, 5.41) is 4.66. The van der Waals surface area contributed by atoms with E-state index in [1.54, 1.807) is 23.5 Å². The molecule has 3 heterocycles. The summed E-state index contributed by atoms with van der Waals surface area (Å²) >= 11 is 1.55. The maximum absolute atomic E-state index is 11.7. The van der Waals surface area contributed by atoms with Crippen LogP contribution in [0, 0.1) is 0 Å². The van der Waals surface area contributed by atoms with E-state index in [0.29, 0.717) is 18.1 Å². The summed E-state index contributed by atoms with van der Waals surface area (Å²) in [4.78, 5) is 16.9. The minimum absolute atomic E-state index is 0.273. The quantitative estimate of drug-likeness (QED) is 0.794. The van der Waals surface area contributed by atoms with Gasteiger partial charge in [-0.25, -0.2) is 4.98 Å². The molecule has 0 bridgehead atoms. The lowest BCUT2D eigenvalue weighted by Gasteiger charge is -1.98. The van der Waals surface area contributed by atoms with Crippen LogP contribution < -0.4 is 5.32 Å². The normalized spacial score (nSPS) is 10.5. The molecule has 96 valence electrons. The fraction of sp³-hybridized carbons (Fsp3) is 0.0769. The number of hydrogen-bond acceptors (Lipinski definition) is 5. The molecule has 0 radical (unpaired) electrons. The van der Waals surface area contributed by atoms with Crippen LogP contribution in [-0.2, 0) is 6.54 Å². The molecule has 3 rings (SSSR count). The summed E-state index contributed by atoms with van der Waals surface area (Å²) in [6.07, 6.45) is 3.00. The fourth-order valence-corrected chi connectivity index (χ4v) is 2.22. The van der Waals surface area contributed by atoms with E-state index in [4.69, 9.17) is 8.83 Å². The van der Waals surface area contributed by atoms with Crippen molar-refractivity contribution in [2.75, 3.05) is 0 Å². The topological polar surface area (TPSA) is 68.3 Å². The van der Waals surface area contributed by atoms with Crippen molar-refractivity contribution in [2.45, 2.75) is 6.54 Å². The molecule has 19 heavy (non-hydrogen) atoms. The second-order valence-electron chi connectivity index (χ2n) is 3.78. The average molecular weight is 274 g/mol. The van der Waals surface area contributed by atoms with Gasteiger partial charge in [-0.2, -0.15) is 0 Å². The highest BCUT2D eigenvalue weighted by atomic mass is 32.1. The van der Waals surface area contributed by atoms with E-state index in [-0.39, 0.29) is 11.7 Å². The van der Waals surface area contributed by atoms with E-state index >= 15 is 0 Å². The third kappa shape index (κ3) is 2.58. The third-order valence-electron chi connectivity index (χ3n) is 2.46. The van der Waals surface area contributed by atoms with Gasteiger partial charge in [0, 0.05) is 0 Å². The molecule has 0 aliphatic rings. The molecular weight excluding hydrogens is 264 g/mol. The lowest BCUT2D eigenvalue weighted by Crippen LogP contribution is -2.22. The molecule has 0 aliphatic carbocycles. The van der Waals surface area contributed by atoms with E-state index in [9.17, 15) is 4.79 Å². The number of oxazole rings is 1. The zero-order valence-electron chi connectivity index (χ0n) is 9.83. The van der Waals surface area contributed by atoms with E-state index < -0.39 is 0 Å². The monoisotopic (exact) mass is 274 g/mol. The number of amides is 1. The van der Waals surface area contributed by atoms with E-state index in [1.165, 1.54) is 12.5 Å². The first-order valence-electron chi connectivity index (χ1n) is 5.63. The minimum atomic E-state index is -0.273. The Morgan fingerprint density at radius 3 is 3.00 bits per heavy atom. The van der Waals surface area contributed by atoms with E-state index in [1.807, 2.05) is 17.5 Å². The molecule has 1 amide bonds. The second-order valence-corrected chi connectivity index (χ2v) is 4.73. The number of nitrogens with one attached hydrogen (secondary N) is 1. The largest absolute Gasteiger partial charge is 0.459 e. The second kappa shape index (κ2) is 5.11. The first kappa shape index (κ1) is 11.7. The zero-order chi connectivity index (χ0) is 13.1. The molecule has 0 spiro atoms. The molecule has 0 aliphatic heterocycles. The minimum Gasteiger partial charge on any atom is -0.459 e. The maximum Gasteiger partial charge on any atom is 0.287 e. The Morgan fingerprint density at radius 2 is 2.26 bits per heavy atom. The van der Waals surface area contributed by atoms with Gasteiger partial charge in [-0.1, -0.05) is 6.07 Å². The van der Waals surface area contributed by atoms with Crippen molar-refractivity contribution in [3.05, 3.63) is 53.6 Å². The van der Waals surface area contributed by atoms with Gasteiger partial charge >= 0.3 is 0 Å². The maximum atomic E-state index is 11.7. The van der Waals surface area contributed by atoms with Crippen molar-refractivity contribution in [1.82, 2.24) is 10.3 Å². The Hall–Kier alpha value is -2.34. The van der Waals surface area contributed by atoms with Crippen LogP contribution in [0.4, 0.5) is 0 Å². The van der Waals surface area contributed by atoms with Crippen LogP contribution in [-0.4, -0.2) is 10.9 Å². The first-order valence-corrected chi connectivity index (χ1v) is 6.51. The highest BCUT2D eigenvalue weighted by molar-refractivity contribution is 7.13. The van der Waals surface area contributed by atoms with Crippen molar-refractivity contribution in [1.29, 1.82) is 0 Å². The predicted octanol–water partition coefficient (Wildman–Crippen LogP) is 2.93. The number of thiophene rings is 1. The number of rotatable bonds is 4. The van der Waals surface area contributed by atoms with Crippen LogP contribution in [0.3, 0.4) is 0 Å². The van der Waals surface area contributed by atoms with Crippen LogP contribution >= 0.6 is 11.3 Å². The molecular formula is C13H10N2O3S. The molecule has 0 aromatic carbocycles. The van der Waals surface area contributed by atoms with E-state index in [2.05, 4.69) is 10.3 Å². The molecule has 3 aromatic rings. The number of aromatic nitrogens is 1. The first-order chi connectivity index (χ1) is 9.33. The van der Waals surface area contributed by atoms with Gasteiger partial charge in [0.05, 0.1) is 23.4 Å². The average Bonchev–Trinajstić information content (AvgIpc) is 3.14. The standard InChI is InChI=1S/C13H10N2O3S/c16-12(10-3-1-5-17-10)14-7-9-8-18-13(15-9)11-4-2-6-19-11/h1-6,8H,7H2,(H,14,16). The van der Waals surface area contributed by atoms with E-state index in [0.717, 1.165) is 4.88 Å². The number of carbonyl (C=O) groups excluding carboxylic acids is 1. The van der Waals surface area contributed by atoms with Crippen molar-refractivity contribution in [3.8, 4) is 10.8 Å². The molecule has 6 heteroatoms. The van der Waals surface area contributed by atoms with Crippen molar-refractivity contribution < 1.29 is 13.6 Å². The molecule has 0 atom stereocenters. The number of furan rings is 1. The van der Waals surface area contributed by atoms with Gasteiger partial charge in [0.15, 0.2) is 5.76 Å². The van der Waals surface area contributed by atoms with Gasteiger partial charge in [-0.15, -0.1) is 11.3 Å². The Bertz CT molecular complexity index is 656. The van der Waals surface area contributed by atoms with Gasteiger partial charge in [-0.05, 0) is 23.6 Å². The SMILES string of the molecule is O=C(NCc1coc(-c2cccs2)n1)c1ccco1. The van der Waals surface area contributed by atoms with Crippen molar-refractivity contribution >= 4 is 17.2 Å². The zero-order valence-corrected chi connectivity index (χ0v) is 10.6. The number of hydrogen-bond donors (Lipinski definition) is 1. The van der Waals surface area contributed by atoms with Crippen LogP contribution in [0.1, 0.15) is 16.2 Å². The highest BCUT2D eigenvalue weighted by Gasteiger charge is 2.11. The Labute approximate surface area is 112 Å². The van der Waals surface area contributed by atoms with Crippen LogP contribution in [0.25, 0.3) is 10.8 Å². The molecule has 0 saturated carbocycles. The third-order valence-corrected chi connectivity index (χ3v) is 3.32. The highest BCUT2D eigenvalue weighted by Crippen LogP contribution is 2.23. The van der Waals surface area contributed by atoms with Crippen molar-refractivity contribution in [2.24, 2.45) is 0 Å². The lowest BCUT2D eigenvalue weighted by atomic mass is 10.4. The van der Waals surface area contributed by atoms with Crippen LogP contribution in [0.5, 0.6) is 0 Å². The van der Waals surface area contributed by atoms with Gasteiger partial charge in [0.1, 0.15) is 6.26 Å². The van der Waals surface area contributed by atoms with Gasteiger partial charge in [0.2, 0.25) is 5.89 Å². The van der Waals surface area contributed by atoms with Crippen LogP contribution in [0.15, 0.2) is 51.0 Å². The summed E-state index contributed by atoms with van der Waals surface area (Å²) in [5.74, 6) is 0.574. The molecule has 0 fully saturated rings. The van der Waals surface area contributed by atoms with Gasteiger partial charge < -0.3 is 14.2 Å². The Kier molecular flexibility index (Phi) is 3.16. The molecule has 0 saturated heterocycles. The summed E-state index contributed by atoms with van der Waals surface area (Å²) in [7, 11) is 0. The predicted molar refractivity (Wildman–Crippen MR) is 69.7 cm³/mol. The number of carbonyl (C=O) groups is 1. The molecule has 1 N–H and O–H groups in total. The summed E-state index contributed by atoms with van der Waals surface area (Å²) in [5.41, 5.74) is 0.670. The van der Waals surface area contributed by atoms with Gasteiger partial charge in [-0.3, -0.25) is 4.79 Å². The lowest BCUT2D eigenvalue weighted by molar-refractivity contribution is 0.0922. The van der Waals surface area contributed by atoms with Gasteiger partial charge in [0.25, 0.3) is 5.91 Å². The summed E-state index contributed by atoms with van der Waals surface area (Å²) in [6.45, 7) is 0.300. The fourth-order valence-electron chi connectivity index (χ4n) is 1.57. The smallest absolute Gasteiger partial charge is 0.287 e. The van der Waals surface area contributed by atoms with Crippen LogP contribution in [0.2, 0.25) is 0 Å². The summed E-state index contributed by atoms with van der Waals surface area (Å²) in [6, 6.07) is 7.14.